The maximum atomic E-state index is 12.4. The van der Waals surface area contributed by atoms with Gasteiger partial charge in [-0.1, -0.05) is 91.5 Å². The molecule has 0 fully saturated rings. The average molecular weight is 2030 g/mol. The number of hydrogen-bond acceptors (Lipinski definition) is 11. The number of hydrogen-bond donors (Lipinski definition) is 2. The van der Waals surface area contributed by atoms with Gasteiger partial charge < -0.3 is 157 Å². The molecule has 0 aromatic carbocycles. The Morgan fingerprint density at radius 2 is 0.496 bits per heavy atom. The van der Waals surface area contributed by atoms with E-state index >= 15 is 0 Å². The minimum atomic E-state index is -1.86. The summed E-state index contributed by atoms with van der Waals surface area (Å²) in [6, 6.07) is 6.96. The predicted molar refractivity (Wildman–Crippen MR) is 484 cm³/mol. The van der Waals surface area contributed by atoms with E-state index in [4.69, 9.17) is 26.6 Å². The van der Waals surface area contributed by atoms with Gasteiger partial charge >= 0.3 is 17.9 Å². The minimum absolute atomic E-state index is 0. The fourth-order valence-corrected chi connectivity index (χ4v) is 39.6. The molecule has 31 heteroatoms. The van der Waals surface area contributed by atoms with Crippen molar-refractivity contribution in [1.82, 2.24) is 10.6 Å². The van der Waals surface area contributed by atoms with Crippen LogP contribution in [0.3, 0.4) is 0 Å². The van der Waals surface area contributed by atoms with Gasteiger partial charge in [-0.15, -0.1) is 0 Å². The lowest BCUT2D eigenvalue weighted by Gasteiger charge is -2.36. The molecule has 0 aromatic rings. The number of amides is 2. The highest BCUT2D eigenvalue weighted by Gasteiger charge is 2.36. The highest BCUT2D eigenvalue weighted by Crippen LogP contribution is 2.28. The first-order chi connectivity index (χ1) is 45.8. The van der Waals surface area contributed by atoms with Gasteiger partial charge in [-0.05, 0) is 206 Å². The molecule has 0 rings (SSSR count). The Kier molecular flexibility index (Phi) is 93.3. The number of carbonyl (C=O) groups is 5. The molecule has 2 N–H and O–H groups in total. The third kappa shape index (κ3) is 88.1. The van der Waals surface area contributed by atoms with Gasteiger partial charge in [-0.3, -0.25) is 9.59 Å². The van der Waals surface area contributed by atoms with Crippen LogP contribution in [-0.2, 0) is 50.5 Å². The Bertz CT molecular complexity index is 2480. The predicted octanol–water partition coefficient (Wildman–Crippen LogP) is -0.130. The van der Waals surface area contributed by atoms with Crippen LogP contribution in [0.1, 0.15) is 163 Å². The van der Waals surface area contributed by atoms with Crippen molar-refractivity contribution >= 4 is 79.6 Å². The zero-order valence-electron chi connectivity index (χ0n) is 74.3. The molecule has 0 atom stereocenters. The molecule has 0 heterocycles. The first kappa shape index (κ1) is 148. The van der Waals surface area contributed by atoms with Crippen LogP contribution in [0.15, 0.2) is 36.5 Å². The molecule has 0 saturated heterocycles. The number of carbonyl (C=O) groups excluding carboxylic acids is 5. The number of rotatable bonds is 55. The van der Waals surface area contributed by atoms with E-state index in [0.29, 0.717) is 67.1 Å². The number of unbranched alkanes of at least 4 members (excludes halogenated alkanes) is 3. The van der Waals surface area contributed by atoms with E-state index in [1.165, 1.54) is 95.3 Å². The first-order valence-corrected chi connectivity index (χ1v) is 57.5. The van der Waals surface area contributed by atoms with Crippen molar-refractivity contribution in [1.29, 1.82) is 0 Å². The number of quaternary nitrogens is 6. The monoisotopic (exact) mass is 2020 g/mol. The van der Waals surface area contributed by atoms with E-state index < -0.39 is 55.9 Å². The van der Waals surface area contributed by atoms with Crippen molar-refractivity contribution in [2.24, 2.45) is 0 Å². The average Bonchev–Trinajstić information content (AvgIpc) is 0.867. The summed E-state index contributed by atoms with van der Waals surface area (Å²) in [5.74, 6) is -0.855. The highest BCUT2D eigenvalue weighted by molar-refractivity contribution is 6.86. The van der Waals surface area contributed by atoms with E-state index in [2.05, 4.69) is 200 Å². The van der Waals surface area contributed by atoms with Crippen LogP contribution in [0.25, 0.3) is 0 Å². The van der Waals surface area contributed by atoms with Crippen LogP contribution in [0.5, 0.6) is 0 Å². The number of likely N-dealkylation sites (N-methyl/N-ethyl adjacent to an activating group) is 4. The Labute approximate surface area is 764 Å². The van der Waals surface area contributed by atoms with Crippen molar-refractivity contribution in [2.45, 2.75) is 278 Å². The zero-order chi connectivity index (χ0) is 79.0. The molecular weight excluding hydrogens is 1830 g/mol. The van der Waals surface area contributed by atoms with E-state index in [9.17, 15) is 24.0 Å². The SMILES string of the molecule is C.C.C.C.C.C.C=C(C)C(=O)OCC[N+](C)(C)CC(=O)NCCC[Si](C)(C)O[Si](C)(C)CCCNC(=O)C[N+](C)(C)CCCC.C=C(C)C(=O)OCC[N+](C)(C)CCCC[Si](C)(C)O[Si](C)(C)CCCC[N+](C)(C)CCC.C=C(C)C(=O)OCC[N+](C)(C)CCC[Si](C)(C)O[Si](C)(C)CCC[N+](C)(C)CCC.[Br-].[Br-].[Br-].[Br-].[Cl-].[Cl-]. The molecule has 0 spiro atoms. The maximum absolute atomic E-state index is 12.4. The highest BCUT2D eigenvalue weighted by atomic mass is 79.9. The number of nitrogens with zero attached hydrogens (tertiary/aromatic N) is 6. The summed E-state index contributed by atoms with van der Waals surface area (Å²) >= 11 is 0. The summed E-state index contributed by atoms with van der Waals surface area (Å²) in [4.78, 5) is 59.4. The maximum Gasteiger partial charge on any atom is 0.333 e. The van der Waals surface area contributed by atoms with Crippen LogP contribution in [0.2, 0.25) is 115 Å². The molecule has 0 bridgehead atoms. The molecule has 692 valence electrons. The second kappa shape index (κ2) is 71.4. The van der Waals surface area contributed by atoms with Crippen LogP contribution >= 0.6 is 0 Å². The Morgan fingerprint density at radius 1 is 0.292 bits per heavy atom. The summed E-state index contributed by atoms with van der Waals surface area (Å²) in [7, 11) is 16.2. The van der Waals surface area contributed by atoms with Crippen LogP contribution < -0.4 is 103 Å². The number of nitrogens with one attached hydrogen (secondary N) is 2. The molecule has 0 aliphatic rings. The standard InChI is InChI=1S/C28H58N4O5Si2.C25H56N2O3Si2.C23H52N2O3Si2.6CH4.4BrH.2ClH/c1-12-13-18-31(4,5)23-26(33)29-16-14-21-38(8,9)37-39(10,11)22-15-17-30-27(34)24-32(6,7)19-20-36-28(35)25(2)3;1-12-17-26(4,5)18-13-15-22-31(8,9)30-32(10,11)23-16-14-19-27(6,7)20-21-29-25(28)24(2)3;1-12-15-24(4,5)16-13-20-29(8,9)28-30(10,11)21-14-17-25(6,7)18-19-27-23(26)22(2)3;;;;;;;;;;;;/h2,12-24H2,1,3-11H3;2,12-23H2,1,3-11H3;2,12-21H2,1,3-11H3;6*1H4;6*1H/q;2*+2;;;;;;;;;;;;/p-4. The van der Waals surface area contributed by atoms with Crippen molar-refractivity contribution in [3.05, 3.63) is 36.5 Å². The van der Waals surface area contributed by atoms with Gasteiger partial charge in [0.15, 0.2) is 63.0 Å². The molecule has 0 saturated carbocycles. The van der Waals surface area contributed by atoms with Gasteiger partial charge in [0.25, 0.3) is 11.8 Å². The molecule has 0 aliphatic carbocycles. The van der Waals surface area contributed by atoms with Crippen molar-refractivity contribution in [3.8, 4) is 0 Å². The largest absolute Gasteiger partial charge is 1.00 e. The Morgan fingerprint density at radius 3 is 0.735 bits per heavy atom. The van der Waals surface area contributed by atoms with Crippen molar-refractivity contribution in [2.75, 3.05) is 196 Å². The lowest BCUT2D eigenvalue weighted by molar-refractivity contribution is -0.890. The van der Waals surface area contributed by atoms with Gasteiger partial charge in [0.05, 0.1) is 130 Å². The molecule has 19 nitrogen and oxygen atoms in total. The van der Waals surface area contributed by atoms with Crippen LogP contribution in [0.4, 0.5) is 0 Å². The first-order valence-electron chi connectivity index (χ1n) is 38.9. The van der Waals surface area contributed by atoms with Crippen LogP contribution in [0, 0.1) is 0 Å². The second-order valence-corrected chi connectivity index (χ2v) is 63.7. The Hall–Kier alpha value is 0.0113. The number of ether oxygens (including phenoxy) is 3. The van der Waals surface area contributed by atoms with Crippen LogP contribution in [-0.4, -0.2) is 303 Å². The van der Waals surface area contributed by atoms with Crippen molar-refractivity contribution < 1.29 is 170 Å². The third-order valence-corrected chi connectivity index (χ3v) is 41.2. The summed E-state index contributed by atoms with van der Waals surface area (Å²) in [5.41, 5.74) is 1.30. The second-order valence-electron chi connectivity index (χ2n) is 37.2. The molecule has 113 heavy (non-hydrogen) atoms. The quantitative estimate of drug-likeness (QED) is 0.0209. The van der Waals surface area contributed by atoms with Gasteiger partial charge in [0.2, 0.25) is 0 Å². The molecule has 0 aliphatic heterocycles. The normalized spacial score (nSPS) is 11.7. The molecule has 2 amide bonds. The van der Waals surface area contributed by atoms with E-state index in [0.717, 1.165) is 99.3 Å². The molecular formula is C82H192Br4Cl2N8O11Si6. The van der Waals surface area contributed by atoms with Gasteiger partial charge in [0.1, 0.15) is 39.5 Å². The summed E-state index contributed by atoms with van der Waals surface area (Å²) in [6.07, 6.45) is 14.1. The fraction of sp³-hybridized carbons (Fsp3) is 0.866. The van der Waals surface area contributed by atoms with E-state index in [1.807, 2.05) is 14.1 Å². The minimum Gasteiger partial charge on any atom is -1.00 e. The Balaban J connectivity index is -0.0000000939. The molecule has 0 radical (unpaired) electrons. The lowest BCUT2D eigenvalue weighted by atomic mass is 10.3. The van der Waals surface area contributed by atoms with Gasteiger partial charge in [-0.25, -0.2) is 14.4 Å². The number of esters is 3. The fourth-order valence-electron chi connectivity index (χ4n) is 12.9. The third-order valence-electron chi connectivity index (χ3n) is 18.6. The van der Waals surface area contributed by atoms with E-state index in [1.54, 1.807) is 20.8 Å². The smallest absolute Gasteiger partial charge is 0.333 e. The van der Waals surface area contributed by atoms with Gasteiger partial charge in [-0.2, -0.15) is 0 Å². The van der Waals surface area contributed by atoms with E-state index in [-0.39, 0.29) is 168 Å². The summed E-state index contributed by atoms with van der Waals surface area (Å²) in [5, 5.41) is 6.13. The number of halogens is 6. The van der Waals surface area contributed by atoms with Crippen molar-refractivity contribution in [3.63, 3.8) is 0 Å². The lowest BCUT2D eigenvalue weighted by Crippen LogP contribution is -3.00. The topological polar surface area (TPSA) is 165 Å². The molecule has 0 unspecified atom stereocenters. The molecule has 0 aromatic heterocycles. The van der Waals surface area contributed by atoms with Gasteiger partial charge in [0, 0.05) is 29.8 Å². The zero-order valence-corrected chi connectivity index (χ0v) is 88.2. The summed E-state index contributed by atoms with van der Waals surface area (Å²) < 4.78 is 41.3. The summed E-state index contributed by atoms with van der Waals surface area (Å²) in [6.45, 7) is 64.6.